The molecule has 14 nitrogen and oxygen atoms in total. The maximum atomic E-state index is 12.6. The molecule has 0 aromatic carbocycles. The standard InChI is InChI=1S/C13H19ClN4O3S.C9H11Cl2N3O.C4H9NO2S/c1-9-6-20-4-3-18(9)12-5-11(15-13(14)16-12)17-22(2,19)10-7-21-8-10;1-6-5-15-3-2-14(6)8-4-7(10)12-9(11)13-8;1-8(5,6)4-2-7-3-4/h5,9-10H,3-4,6-8H2,1-2H3;4,6H,2-3,5H2,1H3;4-5H,2-3H2,1H3/t9-,22?;6-;/m11./s1. The molecule has 19 heteroatoms. The van der Waals surface area contributed by atoms with Gasteiger partial charge in [0.05, 0.1) is 85.2 Å². The first-order valence-corrected chi connectivity index (χ1v) is 19.4. The van der Waals surface area contributed by atoms with Crippen LogP contribution in [0.15, 0.2) is 16.5 Å². The molecule has 1 N–H and O–H groups in total. The summed E-state index contributed by atoms with van der Waals surface area (Å²) in [6.07, 6.45) is 3.09. The van der Waals surface area contributed by atoms with Crippen molar-refractivity contribution in [3.8, 4) is 0 Å². The van der Waals surface area contributed by atoms with Crippen molar-refractivity contribution in [1.29, 1.82) is 4.78 Å². The highest BCUT2D eigenvalue weighted by atomic mass is 35.5. The van der Waals surface area contributed by atoms with Gasteiger partial charge in [-0.25, -0.2) is 23.4 Å². The van der Waals surface area contributed by atoms with Crippen molar-refractivity contribution in [2.45, 2.75) is 36.4 Å². The van der Waals surface area contributed by atoms with Gasteiger partial charge in [0.25, 0.3) is 0 Å². The van der Waals surface area contributed by atoms with E-state index in [-0.39, 0.29) is 33.2 Å². The van der Waals surface area contributed by atoms with E-state index in [0.29, 0.717) is 69.6 Å². The van der Waals surface area contributed by atoms with Gasteiger partial charge in [-0.15, -0.1) is 0 Å². The van der Waals surface area contributed by atoms with E-state index in [9.17, 15) is 8.42 Å². The van der Waals surface area contributed by atoms with Gasteiger partial charge in [-0.1, -0.05) is 11.6 Å². The van der Waals surface area contributed by atoms with Crippen LogP contribution in [0.2, 0.25) is 15.7 Å². The molecular weight excluding hydrogens is 691 g/mol. The Morgan fingerprint density at radius 2 is 1.24 bits per heavy atom. The van der Waals surface area contributed by atoms with Crippen molar-refractivity contribution >= 4 is 71.7 Å². The highest BCUT2D eigenvalue weighted by Crippen LogP contribution is 2.26. The molecule has 4 saturated heterocycles. The normalized spacial score (nSPS) is 24.8. The lowest BCUT2D eigenvalue weighted by molar-refractivity contribution is 0.0429. The van der Waals surface area contributed by atoms with Crippen LogP contribution in [0.3, 0.4) is 0 Å². The Hall–Kier alpha value is -1.63. The third-order valence-corrected chi connectivity index (χ3v) is 11.5. The minimum Gasteiger partial charge on any atom is -0.379 e. The quantitative estimate of drug-likeness (QED) is 0.352. The molecule has 0 spiro atoms. The summed E-state index contributed by atoms with van der Waals surface area (Å²) in [5.74, 6) is 1.80. The molecule has 0 amide bonds. The van der Waals surface area contributed by atoms with Gasteiger partial charge in [-0.3, -0.25) is 4.78 Å². The first-order chi connectivity index (χ1) is 21.2. The number of anilines is 2. The van der Waals surface area contributed by atoms with Gasteiger partial charge in [-0.2, -0.15) is 9.35 Å². The van der Waals surface area contributed by atoms with Gasteiger partial charge < -0.3 is 28.7 Å². The van der Waals surface area contributed by atoms with E-state index < -0.39 is 19.5 Å². The number of ether oxygens (including phenoxy) is 4. The fraction of sp³-hybridized carbons (Fsp3) is 0.692. The lowest BCUT2D eigenvalue weighted by Crippen LogP contribution is -2.44. The Morgan fingerprint density at radius 1 is 0.756 bits per heavy atom. The zero-order valence-corrected chi connectivity index (χ0v) is 29.5. The van der Waals surface area contributed by atoms with E-state index in [1.807, 2.05) is 0 Å². The molecule has 0 saturated carbocycles. The van der Waals surface area contributed by atoms with Gasteiger partial charge in [0, 0.05) is 47.5 Å². The summed E-state index contributed by atoms with van der Waals surface area (Å²) >= 11 is 17.6. The van der Waals surface area contributed by atoms with Gasteiger partial charge >= 0.3 is 0 Å². The summed E-state index contributed by atoms with van der Waals surface area (Å²) < 4.78 is 55.3. The highest BCUT2D eigenvalue weighted by Gasteiger charge is 2.28. The molecule has 0 aliphatic carbocycles. The summed E-state index contributed by atoms with van der Waals surface area (Å²) in [4.78, 5) is 20.5. The second-order valence-electron chi connectivity index (χ2n) is 11.1. The number of halogens is 3. The third-order valence-electron chi connectivity index (χ3n) is 7.39. The van der Waals surface area contributed by atoms with Crippen molar-refractivity contribution in [3.63, 3.8) is 0 Å². The van der Waals surface area contributed by atoms with E-state index >= 15 is 0 Å². The number of aromatic nitrogens is 4. The average Bonchev–Trinajstić information content (AvgIpc) is 2.85. The van der Waals surface area contributed by atoms with Crippen molar-refractivity contribution in [2.24, 2.45) is 4.36 Å². The average molecular weight is 730 g/mol. The van der Waals surface area contributed by atoms with Crippen LogP contribution in [-0.4, -0.2) is 129 Å². The minimum absolute atomic E-state index is 0.00231. The van der Waals surface area contributed by atoms with Gasteiger partial charge in [0.1, 0.15) is 16.8 Å². The number of nitrogens with one attached hydrogen (secondary N) is 1. The Kier molecular flexibility index (Phi) is 12.9. The lowest BCUT2D eigenvalue weighted by Gasteiger charge is -2.34. The smallest absolute Gasteiger partial charge is 0.226 e. The fourth-order valence-corrected chi connectivity index (χ4v) is 7.04. The Balaban J connectivity index is 0.000000172. The molecule has 6 heterocycles. The van der Waals surface area contributed by atoms with Crippen LogP contribution in [0, 0.1) is 4.78 Å². The molecule has 2 aromatic heterocycles. The Bertz CT molecular complexity index is 1520. The first kappa shape index (κ1) is 36.2. The molecule has 0 bridgehead atoms. The van der Waals surface area contributed by atoms with Crippen LogP contribution in [0.25, 0.3) is 0 Å². The fourth-order valence-electron chi connectivity index (χ4n) is 4.45. The van der Waals surface area contributed by atoms with Crippen molar-refractivity contribution < 1.29 is 27.4 Å². The first-order valence-electron chi connectivity index (χ1n) is 14.3. The van der Waals surface area contributed by atoms with Crippen LogP contribution in [0.4, 0.5) is 17.5 Å². The number of rotatable bonds is 5. The molecule has 4 aliphatic heterocycles. The summed E-state index contributed by atoms with van der Waals surface area (Å²) in [6, 6.07) is 3.92. The SMILES string of the molecule is CS(=N)(=O)C1COC1.C[C@@H]1COCCN1c1cc(Cl)nc(Cl)n1.C[C@@H]1COCCN1c1cc(N=S(C)(=O)C2COC2)nc(Cl)n1. The van der Waals surface area contributed by atoms with Gasteiger partial charge in [-0.05, 0) is 37.0 Å². The number of hydrogen-bond donors (Lipinski definition) is 1. The van der Waals surface area contributed by atoms with Crippen molar-refractivity contribution in [1.82, 2.24) is 19.9 Å². The van der Waals surface area contributed by atoms with Crippen molar-refractivity contribution in [3.05, 3.63) is 27.9 Å². The monoisotopic (exact) mass is 728 g/mol. The van der Waals surface area contributed by atoms with Crippen LogP contribution in [0.5, 0.6) is 0 Å². The molecule has 4 atom stereocenters. The van der Waals surface area contributed by atoms with Crippen LogP contribution < -0.4 is 9.80 Å². The van der Waals surface area contributed by atoms with Gasteiger partial charge in [0.15, 0.2) is 5.82 Å². The van der Waals surface area contributed by atoms with E-state index in [2.05, 4.69) is 47.9 Å². The molecule has 6 rings (SSSR count). The summed E-state index contributed by atoms with van der Waals surface area (Å²) in [7, 11) is -4.69. The minimum atomic E-state index is -2.40. The molecule has 4 aliphatic rings. The number of hydrogen-bond acceptors (Lipinski definition) is 14. The molecular formula is C26H39Cl3N8O6S2. The van der Waals surface area contributed by atoms with Crippen LogP contribution in [0.1, 0.15) is 13.8 Å². The predicted molar refractivity (Wildman–Crippen MR) is 177 cm³/mol. The van der Waals surface area contributed by atoms with E-state index in [4.69, 9.17) is 58.5 Å². The zero-order chi connectivity index (χ0) is 32.8. The zero-order valence-electron chi connectivity index (χ0n) is 25.6. The summed E-state index contributed by atoms with van der Waals surface area (Å²) in [5, 5.41) is 0.601. The highest BCUT2D eigenvalue weighted by molar-refractivity contribution is 7.93. The van der Waals surface area contributed by atoms with E-state index in [1.54, 1.807) is 18.4 Å². The number of nitrogens with zero attached hydrogens (tertiary/aromatic N) is 7. The summed E-state index contributed by atoms with van der Waals surface area (Å²) in [6.45, 7) is 10.3. The summed E-state index contributed by atoms with van der Waals surface area (Å²) in [5.41, 5.74) is 0. The topological polar surface area (TPSA) is 165 Å². The maximum absolute atomic E-state index is 12.6. The van der Waals surface area contributed by atoms with Crippen LogP contribution >= 0.6 is 34.8 Å². The molecule has 4 fully saturated rings. The second-order valence-corrected chi connectivity index (χ2v) is 17.2. The molecule has 2 aromatic rings. The van der Waals surface area contributed by atoms with Crippen molar-refractivity contribution in [2.75, 3.05) is 88.3 Å². The lowest BCUT2D eigenvalue weighted by atomic mass is 10.2. The Morgan fingerprint density at radius 3 is 1.64 bits per heavy atom. The molecule has 252 valence electrons. The molecule has 45 heavy (non-hydrogen) atoms. The maximum Gasteiger partial charge on any atom is 0.226 e. The van der Waals surface area contributed by atoms with Crippen LogP contribution in [-0.2, 0) is 38.4 Å². The number of morpholine rings is 2. The Labute approximate surface area is 279 Å². The second kappa shape index (κ2) is 16.0. The predicted octanol–water partition coefficient (Wildman–Crippen LogP) is 3.55. The molecule has 0 radical (unpaired) electrons. The van der Waals surface area contributed by atoms with E-state index in [0.717, 1.165) is 18.9 Å². The third kappa shape index (κ3) is 10.4. The van der Waals surface area contributed by atoms with E-state index in [1.165, 1.54) is 6.26 Å². The molecule has 2 unspecified atom stereocenters. The van der Waals surface area contributed by atoms with Gasteiger partial charge in [0.2, 0.25) is 10.6 Å². The largest absolute Gasteiger partial charge is 0.379 e.